The van der Waals surface area contributed by atoms with Gasteiger partial charge in [0.15, 0.2) is 5.88 Å². The van der Waals surface area contributed by atoms with Crippen LogP contribution >= 0.6 is 0 Å². The summed E-state index contributed by atoms with van der Waals surface area (Å²) in [6.45, 7) is 3.90. The summed E-state index contributed by atoms with van der Waals surface area (Å²) in [7, 11) is 0. The van der Waals surface area contributed by atoms with Crippen molar-refractivity contribution in [2.75, 3.05) is 6.54 Å². The van der Waals surface area contributed by atoms with Crippen LogP contribution in [-0.2, 0) is 9.53 Å². The number of carbonyl (C=O) groups is 1. The van der Waals surface area contributed by atoms with Crippen LogP contribution in [0.15, 0.2) is 12.5 Å². The quantitative estimate of drug-likeness (QED) is 0.502. The van der Waals surface area contributed by atoms with E-state index in [2.05, 4.69) is 11.9 Å². The molecule has 1 saturated heterocycles. The van der Waals surface area contributed by atoms with Crippen LogP contribution in [0.3, 0.4) is 0 Å². The molecule has 3 N–H and O–H groups in total. The molecule has 1 aliphatic rings. The standard InChI is InChI=1S/C6H10N2O2/c1-4(7)10-5-2-6(9)8-3-5/h5H,1-3,7H2,(H,8,9)/t5-/m1/s1. The molecule has 0 aliphatic carbocycles. The second kappa shape index (κ2) is 2.60. The summed E-state index contributed by atoms with van der Waals surface area (Å²) in [5.41, 5.74) is 5.16. The number of rotatable bonds is 2. The molecule has 1 aliphatic heterocycles. The molecule has 10 heavy (non-hydrogen) atoms. The number of hydrogen-bond acceptors (Lipinski definition) is 3. The van der Waals surface area contributed by atoms with Crippen LogP contribution in [0, 0.1) is 0 Å². The molecule has 4 heteroatoms. The normalized spacial score (nSPS) is 24.0. The topological polar surface area (TPSA) is 64.3 Å². The molecule has 0 unspecified atom stereocenters. The third kappa shape index (κ3) is 1.65. The zero-order valence-corrected chi connectivity index (χ0v) is 5.59. The van der Waals surface area contributed by atoms with E-state index < -0.39 is 0 Å². The number of hydrogen-bond donors (Lipinski definition) is 2. The number of ether oxygens (including phenoxy) is 1. The Hall–Kier alpha value is -1.19. The van der Waals surface area contributed by atoms with E-state index in [1.807, 2.05) is 0 Å². The molecule has 0 spiro atoms. The Morgan fingerprint density at radius 3 is 3.00 bits per heavy atom. The van der Waals surface area contributed by atoms with E-state index in [9.17, 15) is 4.79 Å². The maximum Gasteiger partial charge on any atom is 0.223 e. The lowest BCUT2D eigenvalue weighted by Gasteiger charge is -2.08. The molecule has 0 saturated carbocycles. The van der Waals surface area contributed by atoms with Crippen molar-refractivity contribution in [3.8, 4) is 0 Å². The number of carbonyl (C=O) groups excluding carboxylic acids is 1. The van der Waals surface area contributed by atoms with Gasteiger partial charge in [0.1, 0.15) is 6.10 Å². The molecule has 4 nitrogen and oxygen atoms in total. The van der Waals surface area contributed by atoms with Gasteiger partial charge in [0, 0.05) is 0 Å². The van der Waals surface area contributed by atoms with Crippen LogP contribution in [0.2, 0.25) is 0 Å². The van der Waals surface area contributed by atoms with Crippen LogP contribution < -0.4 is 11.1 Å². The van der Waals surface area contributed by atoms with Gasteiger partial charge in [-0.3, -0.25) is 4.79 Å². The molecule has 1 rings (SSSR count). The summed E-state index contributed by atoms with van der Waals surface area (Å²) in [6, 6.07) is 0. The molecule has 1 amide bonds. The fourth-order valence-electron chi connectivity index (χ4n) is 0.876. The number of amides is 1. The predicted octanol–water partition coefficient (Wildman–Crippen LogP) is -0.679. The first kappa shape index (κ1) is 6.92. The fraction of sp³-hybridized carbons (Fsp3) is 0.500. The average Bonchev–Trinajstić information content (AvgIpc) is 2.13. The van der Waals surface area contributed by atoms with Gasteiger partial charge >= 0.3 is 0 Å². The van der Waals surface area contributed by atoms with Crippen molar-refractivity contribution in [2.45, 2.75) is 12.5 Å². The predicted molar refractivity (Wildman–Crippen MR) is 35.8 cm³/mol. The largest absolute Gasteiger partial charge is 0.474 e. The third-order valence-electron chi connectivity index (χ3n) is 1.26. The highest BCUT2D eigenvalue weighted by molar-refractivity contribution is 5.78. The molecule has 1 heterocycles. The molecule has 1 atom stereocenters. The Morgan fingerprint density at radius 2 is 2.60 bits per heavy atom. The second-order valence-corrected chi connectivity index (χ2v) is 2.21. The minimum atomic E-state index is -0.120. The van der Waals surface area contributed by atoms with Crippen LogP contribution in [0.5, 0.6) is 0 Å². The Kier molecular flexibility index (Phi) is 1.80. The fourth-order valence-corrected chi connectivity index (χ4v) is 0.876. The third-order valence-corrected chi connectivity index (χ3v) is 1.26. The minimum absolute atomic E-state index is 0.00579. The Labute approximate surface area is 59.0 Å². The van der Waals surface area contributed by atoms with Gasteiger partial charge in [-0.15, -0.1) is 0 Å². The average molecular weight is 142 g/mol. The SMILES string of the molecule is C=C(N)O[C@H]1CNC(=O)C1. The number of nitrogens with one attached hydrogen (secondary N) is 1. The zero-order valence-electron chi connectivity index (χ0n) is 5.59. The lowest BCUT2D eigenvalue weighted by Crippen LogP contribution is -2.19. The van der Waals surface area contributed by atoms with Gasteiger partial charge in [0.05, 0.1) is 13.0 Å². The van der Waals surface area contributed by atoms with Crippen LogP contribution in [0.4, 0.5) is 0 Å². The smallest absolute Gasteiger partial charge is 0.223 e. The van der Waals surface area contributed by atoms with Crippen LogP contribution in [0.25, 0.3) is 0 Å². The molecule has 0 bridgehead atoms. The number of nitrogens with two attached hydrogens (primary N) is 1. The summed E-state index contributed by atoms with van der Waals surface area (Å²) >= 11 is 0. The first-order chi connectivity index (χ1) is 4.68. The van der Waals surface area contributed by atoms with Crippen LogP contribution in [-0.4, -0.2) is 18.6 Å². The summed E-state index contributed by atoms with van der Waals surface area (Å²) in [6.07, 6.45) is 0.265. The van der Waals surface area contributed by atoms with E-state index in [0.717, 1.165) is 0 Å². The maximum absolute atomic E-state index is 10.6. The van der Waals surface area contributed by atoms with Gasteiger partial charge < -0.3 is 15.8 Å². The van der Waals surface area contributed by atoms with Crippen molar-refractivity contribution in [2.24, 2.45) is 5.73 Å². The Morgan fingerprint density at radius 1 is 1.90 bits per heavy atom. The highest BCUT2D eigenvalue weighted by atomic mass is 16.5. The summed E-state index contributed by atoms with van der Waals surface area (Å²) in [4.78, 5) is 10.6. The van der Waals surface area contributed by atoms with Crippen molar-refractivity contribution < 1.29 is 9.53 Å². The highest BCUT2D eigenvalue weighted by Gasteiger charge is 2.22. The van der Waals surface area contributed by atoms with E-state index >= 15 is 0 Å². The van der Waals surface area contributed by atoms with E-state index in [0.29, 0.717) is 13.0 Å². The van der Waals surface area contributed by atoms with Gasteiger partial charge in [0.25, 0.3) is 0 Å². The van der Waals surface area contributed by atoms with E-state index in [-0.39, 0.29) is 17.9 Å². The van der Waals surface area contributed by atoms with Crippen molar-refractivity contribution in [1.82, 2.24) is 5.32 Å². The Balaban J connectivity index is 2.31. The van der Waals surface area contributed by atoms with E-state index in [1.54, 1.807) is 0 Å². The first-order valence-corrected chi connectivity index (χ1v) is 3.06. The van der Waals surface area contributed by atoms with Crippen molar-refractivity contribution in [3.63, 3.8) is 0 Å². The lowest BCUT2D eigenvalue weighted by atomic mass is 10.3. The molecule has 0 aromatic heterocycles. The monoisotopic (exact) mass is 142 g/mol. The van der Waals surface area contributed by atoms with Crippen molar-refractivity contribution >= 4 is 5.91 Å². The lowest BCUT2D eigenvalue weighted by molar-refractivity contribution is -0.119. The van der Waals surface area contributed by atoms with Crippen molar-refractivity contribution in [1.29, 1.82) is 0 Å². The van der Waals surface area contributed by atoms with Gasteiger partial charge in [-0.05, 0) is 6.58 Å². The van der Waals surface area contributed by atoms with Crippen molar-refractivity contribution in [3.05, 3.63) is 12.5 Å². The Bertz CT molecular complexity index is 167. The van der Waals surface area contributed by atoms with Gasteiger partial charge in [-0.25, -0.2) is 0 Å². The van der Waals surface area contributed by atoms with Gasteiger partial charge in [-0.2, -0.15) is 0 Å². The molecule has 0 aromatic rings. The maximum atomic E-state index is 10.6. The second-order valence-electron chi connectivity index (χ2n) is 2.21. The molecular formula is C6H10N2O2. The zero-order chi connectivity index (χ0) is 7.56. The van der Waals surface area contributed by atoms with Crippen LogP contribution in [0.1, 0.15) is 6.42 Å². The van der Waals surface area contributed by atoms with Gasteiger partial charge in [-0.1, -0.05) is 0 Å². The van der Waals surface area contributed by atoms with Gasteiger partial charge in [0.2, 0.25) is 5.91 Å². The molecule has 0 radical (unpaired) electrons. The molecular weight excluding hydrogens is 132 g/mol. The van der Waals surface area contributed by atoms with E-state index in [4.69, 9.17) is 10.5 Å². The summed E-state index contributed by atoms with van der Waals surface area (Å²) in [5, 5.41) is 2.61. The minimum Gasteiger partial charge on any atom is -0.474 e. The molecule has 56 valence electrons. The molecule has 0 aromatic carbocycles. The van der Waals surface area contributed by atoms with E-state index in [1.165, 1.54) is 0 Å². The summed E-state index contributed by atoms with van der Waals surface area (Å²) in [5.74, 6) is 0.174. The highest BCUT2D eigenvalue weighted by Crippen LogP contribution is 2.05. The molecule has 1 fully saturated rings. The first-order valence-electron chi connectivity index (χ1n) is 3.06. The summed E-state index contributed by atoms with van der Waals surface area (Å²) < 4.78 is 4.98.